The third-order valence-electron chi connectivity index (χ3n) is 5.11. The number of hydrogen-bond donors (Lipinski definition) is 3. The van der Waals surface area contributed by atoms with E-state index in [2.05, 4.69) is 5.32 Å². The van der Waals surface area contributed by atoms with Gasteiger partial charge in [0.15, 0.2) is 0 Å². The van der Waals surface area contributed by atoms with Gasteiger partial charge in [0.2, 0.25) is 0 Å². The van der Waals surface area contributed by atoms with Gasteiger partial charge in [-0.25, -0.2) is 9.59 Å². The van der Waals surface area contributed by atoms with Crippen molar-refractivity contribution in [3.8, 4) is 0 Å². The van der Waals surface area contributed by atoms with E-state index in [0.717, 1.165) is 12.8 Å². The summed E-state index contributed by atoms with van der Waals surface area (Å²) in [6.07, 6.45) is 1.94. The van der Waals surface area contributed by atoms with Crippen molar-refractivity contribution in [3.63, 3.8) is 0 Å². The van der Waals surface area contributed by atoms with Gasteiger partial charge in [-0.1, -0.05) is 6.92 Å². The van der Waals surface area contributed by atoms with Crippen LogP contribution in [0, 0.1) is 17.8 Å². The van der Waals surface area contributed by atoms with Crippen molar-refractivity contribution in [1.82, 2.24) is 10.2 Å². The van der Waals surface area contributed by atoms with E-state index in [9.17, 15) is 14.7 Å². The summed E-state index contributed by atoms with van der Waals surface area (Å²) in [7, 11) is 0. The number of aliphatic carboxylic acids is 1. The second-order valence-corrected chi connectivity index (χ2v) is 6.04. The Kier molecular flexibility index (Phi) is 2.92. The Morgan fingerprint density at radius 1 is 1.37 bits per heavy atom. The van der Waals surface area contributed by atoms with Crippen molar-refractivity contribution in [2.24, 2.45) is 17.8 Å². The van der Waals surface area contributed by atoms with Gasteiger partial charge in [-0.05, 0) is 37.0 Å². The Morgan fingerprint density at radius 2 is 2.11 bits per heavy atom. The van der Waals surface area contributed by atoms with Crippen LogP contribution < -0.4 is 5.32 Å². The van der Waals surface area contributed by atoms with Crippen LogP contribution >= 0.6 is 0 Å². The van der Waals surface area contributed by atoms with E-state index in [4.69, 9.17) is 5.11 Å². The summed E-state index contributed by atoms with van der Waals surface area (Å²) < 4.78 is 0. The summed E-state index contributed by atoms with van der Waals surface area (Å²) in [5.74, 6) is 0.229. The lowest BCUT2D eigenvalue weighted by Gasteiger charge is -2.29. The van der Waals surface area contributed by atoms with Gasteiger partial charge in [0, 0.05) is 6.54 Å². The zero-order valence-corrected chi connectivity index (χ0v) is 11.0. The predicted molar refractivity (Wildman–Crippen MR) is 66.5 cm³/mol. The minimum absolute atomic E-state index is 0.102. The molecule has 2 bridgehead atoms. The maximum atomic E-state index is 12.2. The number of urea groups is 1. The van der Waals surface area contributed by atoms with Crippen molar-refractivity contribution in [1.29, 1.82) is 0 Å². The number of rotatable bonds is 3. The first-order valence-corrected chi connectivity index (χ1v) is 7.01. The molecule has 3 N–H and O–H groups in total. The van der Waals surface area contributed by atoms with Gasteiger partial charge in [0.05, 0.1) is 12.1 Å². The molecule has 1 saturated heterocycles. The van der Waals surface area contributed by atoms with Crippen LogP contribution in [0.1, 0.15) is 26.2 Å². The molecule has 6 unspecified atom stereocenters. The minimum atomic E-state index is -1.01. The predicted octanol–water partition coefficient (Wildman–Crippen LogP) is 0.260. The lowest BCUT2D eigenvalue weighted by atomic mass is 9.88. The molecule has 6 atom stereocenters. The quantitative estimate of drug-likeness (QED) is 0.685. The molecule has 0 aromatic carbocycles. The van der Waals surface area contributed by atoms with E-state index >= 15 is 0 Å². The average Bonchev–Trinajstić information content (AvgIpc) is 2.96. The summed E-state index contributed by atoms with van der Waals surface area (Å²) >= 11 is 0. The normalized spacial score (nSPS) is 40.5. The minimum Gasteiger partial charge on any atom is -0.480 e. The zero-order chi connectivity index (χ0) is 13.7. The first kappa shape index (κ1) is 12.7. The summed E-state index contributed by atoms with van der Waals surface area (Å²) in [5, 5.41) is 21.7. The number of likely N-dealkylation sites (tertiary alicyclic amines) is 1. The van der Waals surface area contributed by atoms with E-state index in [1.165, 1.54) is 0 Å². The number of carboxylic acids is 1. The summed E-state index contributed by atoms with van der Waals surface area (Å²) in [6.45, 7) is 2.39. The highest BCUT2D eigenvalue weighted by molar-refractivity contribution is 5.83. The van der Waals surface area contributed by atoms with Crippen LogP contribution in [0.25, 0.3) is 0 Å². The van der Waals surface area contributed by atoms with Crippen LogP contribution in [0.2, 0.25) is 0 Å². The number of nitrogens with one attached hydrogen (secondary N) is 1. The fraction of sp³-hybridized carbons (Fsp3) is 0.846. The fourth-order valence-electron chi connectivity index (χ4n) is 4.22. The number of amides is 2. The van der Waals surface area contributed by atoms with Gasteiger partial charge in [-0.15, -0.1) is 0 Å². The number of hydrogen-bond acceptors (Lipinski definition) is 3. The molecule has 2 aliphatic carbocycles. The SMILES string of the molecule is CCC(NC(=O)N1CC2CC3CC2C1C3O)C(=O)O. The molecule has 19 heavy (non-hydrogen) atoms. The Hall–Kier alpha value is -1.30. The molecule has 2 amide bonds. The van der Waals surface area contributed by atoms with Crippen molar-refractivity contribution in [2.45, 2.75) is 44.4 Å². The standard InChI is InChI=1S/C13H20N2O4/c1-2-9(12(17)18)14-13(19)15-5-7-3-6-4-8(7)10(15)11(6)16/h6-11,16H,2-5H2,1H3,(H,14,19)(H,17,18). The number of carbonyl (C=O) groups is 2. The molecule has 0 aromatic rings. The first-order chi connectivity index (χ1) is 9.02. The van der Waals surface area contributed by atoms with E-state index < -0.39 is 18.1 Å². The molecule has 1 heterocycles. The van der Waals surface area contributed by atoms with Crippen LogP contribution in [0.3, 0.4) is 0 Å². The van der Waals surface area contributed by atoms with Gasteiger partial charge in [-0.2, -0.15) is 0 Å². The number of aliphatic hydroxyl groups excluding tert-OH is 1. The molecule has 106 valence electrons. The maximum absolute atomic E-state index is 12.2. The molecular weight excluding hydrogens is 248 g/mol. The van der Waals surface area contributed by atoms with Crippen LogP contribution in [-0.4, -0.2) is 51.8 Å². The highest BCUT2D eigenvalue weighted by atomic mass is 16.4. The van der Waals surface area contributed by atoms with Crippen molar-refractivity contribution < 1.29 is 19.8 Å². The third-order valence-corrected chi connectivity index (χ3v) is 5.11. The van der Waals surface area contributed by atoms with Crippen molar-refractivity contribution in [2.75, 3.05) is 6.54 Å². The van der Waals surface area contributed by atoms with Gasteiger partial charge >= 0.3 is 12.0 Å². The second kappa shape index (κ2) is 4.37. The number of aliphatic hydroxyl groups is 1. The molecule has 2 saturated carbocycles. The average molecular weight is 268 g/mol. The highest BCUT2D eigenvalue weighted by Gasteiger charge is 2.60. The van der Waals surface area contributed by atoms with E-state index in [0.29, 0.717) is 30.7 Å². The van der Waals surface area contributed by atoms with Crippen LogP contribution in [0.15, 0.2) is 0 Å². The first-order valence-electron chi connectivity index (χ1n) is 7.01. The zero-order valence-electron chi connectivity index (χ0n) is 11.0. The monoisotopic (exact) mass is 268 g/mol. The smallest absolute Gasteiger partial charge is 0.326 e. The highest BCUT2D eigenvalue weighted by Crippen LogP contribution is 2.54. The van der Waals surface area contributed by atoms with Crippen LogP contribution in [0.4, 0.5) is 4.79 Å². The number of nitrogens with zero attached hydrogens (tertiary/aromatic N) is 1. The van der Waals surface area contributed by atoms with Crippen LogP contribution in [-0.2, 0) is 4.79 Å². The molecule has 6 nitrogen and oxygen atoms in total. The van der Waals surface area contributed by atoms with Gasteiger partial charge < -0.3 is 20.4 Å². The van der Waals surface area contributed by atoms with E-state index in [1.54, 1.807) is 11.8 Å². The lowest BCUT2D eigenvalue weighted by molar-refractivity contribution is -0.139. The van der Waals surface area contributed by atoms with E-state index in [-0.39, 0.29) is 12.1 Å². The molecule has 0 aromatic heterocycles. The number of fused-ring (bicyclic) bond motifs is 1. The van der Waals surface area contributed by atoms with E-state index in [1.807, 2.05) is 0 Å². The summed E-state index contributed by atoms with van der Waals surface area (Å²) in [5.41, 5.74) is 0. The largest absolute Gasteiger partial charge is 0.480 e. The Balaban J connectivity index is 1.70. The number of carbonyl (C=O) groups excluding carboxylic acids is 1. The van der Waals surface area contributed by atoms with Crippen molar-refractivity contribution in [3.05, 3.63) is 0 Å². The van der Waals surface area contributed by atoms with Gasteiger partial charge in [-0.3, -0.25) is 0 Å². The Bertz CT molecular complexity index is 411. The molecule has 0 spiro atoms. The fourth-order valence-corrected chi connectivity index (χ4v) is 4.22. The number of carboxylic acid groups (broad SMARTS) is 1. The Morgan fingerprint density at radius 3 is 2.68 bits per heavy atom. The summed E-state index contributed by atoms with van der Waals surface area (Å²) in [6, 6.07) is -1.29. The molecule has 3 fully saturated rings. The molecule has 1 aliphatic heterocycles. The summed E-state index contributed by atoms with van der Waals surface area (Å²) in [4.78, 5) is 24.8. The maximum Gasteiger partial charge on any atom is 0.326 e. The topological polar surface area (TPSA) is 89.9 Å². The van der Waals surface area contributed by atoms with Crippen molar-refractivity contribution >= 4 is 12.0 Å². The Labute approximate surface area is 111 Å². The van der Waals surface area contributed by atoms with Gasteiger partial charge in [0.1, 0.15) is 6.04 Å². The molecule has 0 radical (unpaired) electrons. The second-order valence-electron chi connectivity index (χ2n) is 6.04. The van der Waals surface area contributed by atoms with Gasteiger partial charge in [0.25, 0.3) is 0 Å². The molecule has 3 rings (SSSR count). The molecule has 3 aliphatic rings. The lowest BCUT2D eigenvalue weighted by Crippen LogP contribution is -2.52. The molecule has 6 heteroatoms. The third kappa shape index (κ3) is 1.81. The van der Waals surface area contributed by atoms with Crippen LogP contribution in [0.5, 0.6) is 0 Å². The molecular formula is C13H20N2O4.